The van der Waals surface area contributed by atoms with Crippen molar-refractivity contribution in [3.8, 4) is 11.6 Å². The van der Waals surface area contributed by atoms with Crippen molar-refractivity contribution >= 4 is 33.6 Å². The van der Waals surface area contributed by atoms with Crippen molar-refractivity contribution in [3.05, 3.63) is 47.1 Å². The highest BCUT2D eigenvalue weighted by atomic mass is 79.9. The van der Waals surface area contributed by atoms with Crippen molar-refractivity contribution in [2.75, 3.05) is 44.2 Å². The highest BCUT2D eigenvalue weighted by Gasteiger charge is 2.34. The topological polar surface area (TPSA) is 75.2 Å². The van der Waals surface area contributed by atoms with Crippen molar-refractivity contribution in [3.63, 3.8) is 0 Å². The first kappa shape index (κ1) is 21.4. The van der Waals surface area contributed by atoms with Gasteiger partial charge in [-0.25, -0.2) is 9.78 Å². The van der Waals surface area contributed by atoms with Gasteiger partial charge in [0.15, 0.2) is 0 Å². The molecular formula is C22H25BrN4O4. The van der Waals surface area contributed by atoms with E-state index in [-0.39, 0.29) is 24.6 Å². The standard InChI is InChI=1S/C22H25BrN4O4/c1-2-30-18-6-4-17(5-7-18)27-12-11-26(22(27)29)15-21(28)25-10-9-19(14-25)31-20-8-3-16(23)13-24-20/h3-8,13,19H,2,9-12,14-15H2,1H3. The minimum atomic E-state index is -0.149. The number of hydrogen-bond donors (Lipinski definition) is 0. The molecule has 0 aliphatic carbocycles. The number of carbonyl (C=O) groups excluding carboxylic acids is 2. The number of carbonyl (C=O) groups is 2. The SMILES string of the molecule is CCOc1ccc(N2CCN(CC(=O)N3CCC(Oc4ccc(Br)cn4)C3)C2=O)cc1. The van der Waals surface area contributed by atoms with Crippen LogP contribution in [0.5, 0.6) is 11.6 Å². The Kier molecular flexibility index (Phi) is 6.60. The molecule has 1 atom stereocenters. The molecule has 8 nitrogen and oxygen atoms in total. The van der Waals surface area contributed by atoms with Crippen LogP contribution >= 0.6 is 15.9 Å². The lowest BCUT2D eigenvalue weighted by Crippen LogP contribution is -2.42. The van der Waals surface area contributed by atoms with Gasteiger partial charge in [-0.2, -0.15) is 0 Å². The molecule has 9 heteroatoms. The van der Waals surface area contributed by atoms with Crippen molar-refractivity contribution in [1.82, 2.24) is 14.8 Å². The van der Waals surface area contributed by atoms with E-state index in [0.717, 1.165) is 22.3 Å². The summed E-state index contributed by atoms with van der Waals surface area (Å²) >= 11 is 3.35. The lowest BCUT2D eigenvalue weighted by atomic mass is 10.3. The van der Waals surface area contributed by atoms with E-state index in [4.69, 9.17) is 9.47 Å². The summed E-state index contributed by atoms with van der Waals surface area (Å²) in [7, 11) is 0. The summed E-state index contributed by atoms with van der Waals surface area (Å²) in [5, 5.41) is 0. The maximum Gasteiger partial charge on any atom is 0.325 e. The van der Waals surface area contributed by atoms with Crippen LogP contribution in [0.15, 0.2) is 47.1 Å². The first-order chi connectivity index (χ1) is 15.0. The molecule has 0 radical (unpaired) electrons. The Hall–Kier alpha value is -2.81. The third-order valence-electron chi connectivity index (χ3n) is 5.37. The normalized spacial score (nSPS) is 18.6. The highest BCUT2D eigenvalue weighted by Crippen LogP contribution is 2.24. The van der Waals surface area contributed by atoms with Crippen LogP contribution in [-0.2, 0) is 4.79 Å². The molecule has 4 rings (SSSR count). The molecular weight excluding hydrogens is 464 g/mol. The van der Waals surface area contributed by atoms with Crippen LogP contribution in [-0.4, -0.2) is 72.2 Å². The maximum absolute atomic E-state index is 12.8. The second-order valence-electron chi connectivity index (χ2n) is 7.47. The first-order valence-electron chi connectivity index (χ1n) is 10.4. The van der Waals surface area contributed by atoms with Crippen LogP contribution in [0.3, 0.4) is 0 Å². The predicted octanol–water partition coefficient (Wildman–Crippen LogP) is 3.16. The van der Waals surface area contributed by atoms with E-state index in [1.807, 2.05) is 37.3 Å². The second-order valence-corrected chi connectivity index (χ2v) is 8.38. The number of ether oxygens (including phenoxy) is 2. The van der Waals surface area contributed by atoms with Crippen LogP contribution in [0.1, 0.15) is 13.3 Å². The van der Waals surface area contributed by atoms with Crippen LogP contribution in [0.25, 0.3) is 0 Å². The number of nitrogens with zero attached hydrogens (tertiary/aromatic N) is 4. The van der Waals surface area contributed by atoms with Gasteiger partial charge < -0.3 is 19.3 Å². The summed E-state index contributed by atoms with van der Waals surface area (Å²) in [6.07, 6.45) is 2.34. The Bertz CT molecular complexity index is 922. The number of anilines is 1. The summed E-state index contributed by atoms with van der Waals surface area (Å²) < 4.78 is 12.2. The molecule has 0 N–H and O–H groups in total. The Morgan fingerprint density at radius 1 is 1.16 bits per heavy atom. The summed E-state index contributed by atoms with van der Waals surface area (Å²) in [4.78, 5) is 34.9. The van der Waals surface area contributed by atoms with Crippen LogP contribution < -0.4 is 14.4 Å². The monoisotopic (exact) mass is 488 g/mol. The second kappa shape index (κ2) is 9.55. The smallest absolute Gasteiger partial charge is 0.325 e. The van der Waals surface area contributed by atoms with Gasteiger partial charge in [0.2, 0.25) is 11.8 Å². The molecule has 0 saturated carbocycles. The molecule has 2 aromatic rings. The highest BCUT2D eigenvalue weighted by molar-refractivity contribution is 9.10. The Morgan fingerprint density at radius 3 is 2.68 bits per heavy atom. The van der Waals surface area contributed by atoms with Crippen LogP contribution in [0, 0.1) is 0 Å². The number of amides is 3. The minimum absolute atomic E-state index is 0.0586. The fourth-order valence-corrected chi connectivity index (χ4v) is 4.01. The average Bonchev–Trinajstić information content (AvgIpc) is 3.38. The van der Waals surface area contributed by atoms with Gasteiger partial charge >= 0.3 is 6.03 Å². The number of aromatic nitrogens is 1. The number of halogens is 1. The van der Waals surface area contributed by atoms with E-state index in [2.05, 4.69) is 20.9 Å². The van der Waals surface area contributed by atoms with E-state index < -0.39 is 0 Å². The van der Waals surface area contributed by atoms with Gasteiger partial charge in [-0.15, -0.1) is 0 Å². The van der Waals surface area contributed by atoms with Crippen molar-refractivity contribution < 1.29 is 19.1 Å². The van der Waals surface area contributed by atoms with Gasteiger partial charge in [0.25, 0.3) is 0 Å². The number of urea groups is 1. The van der Waals surface area contributed by atoms with Crippen molar-refractivity contribution in [2.45, 2.75) is 19.4 Å². The van der Waals surface area contributed by atoms with Gasteiger partial charge in [-0.05, 0) is 53.2 Å². The van der Waals surface area contributed by atoms with Crippen LogP contribution in [0.4, 0.5) is 10.5 Å². The van der Waals surface area contributed by atoms with Gasteiger partial charge in [0, 0.05) is 48.5 Å². The molecule has 0 bridgehead atoms. The van der Waals surface area contributed by atoms with E-state index in [9.17, 15) is 9.59 Å². The van der Waals surface area contributed by atoms with Crippen molar-refractivity contribution in [2.24, 2.45) is 0 Å². The maximum atomic E-state index is 12.8. The molecule has 2 aliphatic rings. The number of hydrogen-bond acceptors (Lipinski definition) is 5. The molecule has 31 heavy (non-hydrogen) atoms. The lowest BCUT2D eigenvalue weighted by Gasteiger charge is -2.22. The van der Waals surface area contributed by atoms with E-state index in [1.165, 1.54) is 0 Å². The molecule has 3 amide bonds. The van der Waals surface area contributed by atoms with Gasteiger partial charge in [0.1, 0.15) is 18.4 Å². The first-order valence-corrected chi connectivity index (χ1v) is 11.2. The number of benzene rings is 1. The zero-order chi connectivity index (χ0) is 21.8. The lowest BCUT2D eigenvalue weighted by molar-refractivity contribution is -0.130. The summed E-state index contributed by atoms with van der Waals surface area (Å²) in [5.41, 5.74) is 0.806. The van der Waals surface area contributed by atoms with E-state index in [1.54, 1.807) is 27.0 Å². The predicted molar refractivity (Wildman–Crippen MR) is 119 cm³/mol. The summed E-state index contributed by atoms with van der Waals surface area (Å²) in [6.45, 7) is 4.80. The van der Waals surface area contributed by atoms with E-state index in [0.29, 0.717) is 38.7 Å². The number of pyridine rings is 1. The average molecular weight is 489 g/mol. The molecule has 164 valence electrons. The molecule has 0 spiro atoms. The Labute approximate surface area is 189 Å². The van der Waals surface area contributed by atoms with Crippen molar-refractivity contribution in [1.29, 1.82) is 0 Å². The molecule has 3 heterocycles. The molecule has 1 unspecified atom stereocenters. The fourth-order valence-electron chi connectivity index (χ4n) is 3.77. The summed E-state index contributed by atoms with van der Waals surface area (Å²) in [5.74, 6) is 1.26. The third-order valence-corrected chi connectivity index (χ3v) is 5.83. The number of likely N-dealkylation sites (tertiary alicyclic amines) is 1. The Balaban J connectivity index is 1.29. The zero-order valence-electron chi connectivity index (χ0n) is 17.4. The minimum Gasteiger partial charge on any atom is -0.494 e. The molecule has 1 aromatic heterocycles. The summed E-state index contributed by atoms with van der Waals surface area (Å²) in [6, 6.07) is 11.0. The fraction of sp³-hybridized carbons (Fsp3) is 0.409. The van der Waals surface area contributed by atoms with Gasteiger partial charge in [0.05, 0.1) is 13.2 Å². The van der Waals surface area contributed by atoms with Gasteiger partial charge in [-0.3, -0.25) is 9.69 Å². The molecule has 2 fully saturated rings. The van der Waals surface area contributed by atoms with Gasteiger partial charge in [-0.1, -0.05) is 0 Å². The van der Waals surface area contributed by atoms with E-state index >= 15 is 0 Å². The third kappa shape index (κ3) is 5.10. The van der Waals surface area contributed by atoms with Crippen LogP contribution in [0.2, 0.25) is 0 Å². The molecule has 1 aromatic carbocycles. The Morgan fingerprint density at radius 2 is 1.97 bits per heavy atom. The zero-order valence-corrected chi connectivity index (χ0v) is 19.0. The quantitative estimate of drug-likeness (QED) is 0.598. The number of rotatable bonds is 7. The molecule has 2 aliphatic heterocycles. The molecule has 2 saturated heterocycles. The largest absolute Gasteiger partial charge is 0.494 e.